The molecule has 0 radical (unpaired) electrons. The van der Waals surface area contributed by atoms with Gasteiger partial charge in [-0.3, -0.25) is 9.48 Å². The van der Waals surface area contributed by atoms with Crippen LogP contribution in [0.4, 0.5) is 0 Å². The van der Waals surface area contributed by atoms with E-state index >= 15 is 0 Å². The van der Waals surface area contributed by atoms with Gasteiger partial charge in [0.05, 0.1) is 5.69 Å². The lowest BCUT2D eigenvalue weighted by Crippen LogP contribution is -2.31. The van der Waals surface area contributed by atoms with Crippen LogP contribution in [0.25, 0.3) is 6.08 Å². The molecule has 0 saturated heterocycles. The summed E-state index contributed by atoms with van der Waals surface area (Å²) in [6, 6.07) is 1.80. The first-order chi connectivity index (χ1) is 7.63. The third kappa shape index (κ3) is 3.86. The second kappa shape index (κ2) is 6.07. The second-order valence-electron chi connectivity index (χ2n) is 3.63. The standard InChI is InChI=1S/C11H17N3O2/c1-9(6-8-15)13-11(16)4-3-10-5-7-12-14(10)2/h3-5,7,9,15H,6,8H2,1-2H3,(H,13,16)/b4-3+. The molecule has 2 N–H and O–H groups in total. The summed E-state index contributed by atoms with van der Waals surface area (Å²) >= 11 is 0. The fraction of sp³-hybridized carbons (Fsp3) is 0.455. The van der Waals surface area contributed by atoms with Crippen LogP contribution in [0.5, 0.6) is 0 Å². The van der Waals surface area contributed by atoms with Crippen molar-refractivity contribution in [3.63, 3.8) is 0 Å². The normalized spacial score (nSPS) is 12.9. The zero-order valence-corrected chi connectivity index (χ0v) is 9.55. The molecule has 0 spiro atoms. The van der Waals surface area contributed by atoms with Gasteiger partial charge >= 0.3 is 0 Å². The smallest absolute Gasteiger partial charge is 0.244 e. The number of amides is 1. The van der Waals surface area contributed by atoms with Crippen LogP contribution < -0.4 is 5.32 Å². The highest BCUT2D eigenvalue weighted by molar-refractivity contribution is 5.91. The zero-order valence-electron chi connectivity index (χ0n) is 9.55. The second-order valence-corrected chi connectivity index (χ2v) is 3.63. The van der Waals surface area contributed by atoms with E-state index in [1.807, 2.05) is 20.0 Å². The molecule has 5 heteroatoms. The number of carbonyl (C=O) groups is 1. The van der Waals surface area contributed by atoms with E-state index in [2.05, 4.69) is 10.4 Å². The number of aliphatic hydroxyl groups is 1. The lowest BCUT2D eigenvalue weighted by Gasteiger charge is -2.09. The molecule has 0 fully saturated rings. The Labute approximate surface area is 94.8 Å². The van der Waals surface area contributed by atoms with Crippen molar-refractivity contribution in [1.82, 2.24) is 15.1 Å². The lowest BCUT2D eigenvalue weighted by molar-refractivity contribution is -0.117. The van der Waals surface area contributed by atoms with E-state index in [9.17, 15) is 4.79 Å². The number of rotatable bonds is 5. The van der Waals surface area contributed by atoms with E-state index < -0.39 is 0 Å². The van der Waals surface area contributed by atoms with Crippen molar-refractivity contribution in [1.29, 1.82) is 0 Å². The van der Waals surface area contributed by atoms with Gasteiger partial charge < -0.3 is 10.4 Å². The van der Waals surface area contributed by atoms with E-state index in [4.69, 9.17) is 5.11 Å². The molecule has 1 amide bonds. The molecule has 0 aliphatic carbocycles. The van der Waals surface area contributed by atoms with Crippen molar-refractivity contribution in [3.05, 3.63) is 24.0 Å². The van der Waals surface area contributed by atoms with E-state index in [-0.39, 0.29) is 18.6 Å². The van der Waals surface area contributed by atoms with Crippen molar-refractivity contribution >= 4 is 12.0 Å². The van der Waals surface area contributed by atoms with Crippen molar-refractivity contribution < 1.29 is 9.90 Å². The first kappa shape index (κ1) is 12.4. The summed E-state index contributed by atoms with van der Waals surface area (Å²) in [7, 11) is 1.81. The van der Waals surface area contributed by atoms with Gasteiger partial charge in [0.15, 0.2) is 0 Å². The van der Waals surface area contributed by atoms with E-state index in [1.165, 1.54) is 6.08 Å². The summed E-state index contributed by atoms with van der Waals surface area (Å²) in [4.78, 5) is 11.4. The molecule has 5 nitrogen and oxygen atoms in total. The largest absolute Gasteiger partial charge is 0.396 e. The minimum absolute atomic E-state index is 0.0197. The average molecular weight is 223 g/mol. The van der Waals surface area contributed by atoms with E-state index in [0.717, 1.165) is 5.69 Å². The van der Waals surface area contributed by atoms with Crippen LogP contribution in [0.3, 0.4) is 0 Å². The molecule has 0 aromatic carbocycles. The minimum atomic E-state index is -0.165. The maximum atomic E-state index is 11.4. The molecule has 1 aromatic heterocycles. The zero-order chi connectivity index (χ0) is 12.0. The number of nitrogens with zero attached hydrogens (tertiary/aromatic N) is 2. The number of aryl methyl sites for hydroxylation is 1. The first-order valence-corrected chi connectivity index (χ1v) is 5.21. The van der Waals surface area contributed by atoms with Crippen LogP contribution >= 0.6 is 0 Å². The molecular formula is C11H17N3O2. The SMILES string of the molecule is CC(CCO)NC(=O)/C=C/c1ccnn1C. The van der Waals surface area contributed by atoms with Gasteiger partial charge in [-0.05, 0) is 25.5 Å². The number of hydrogen-bond donors (Lipinski definition) is 2. The maximum absolute atomic E-state index is 11.4. The highest BCUT2D eigenvalue weighted by Gasteiger charge is 2.03. The Balaban J connectivity index is 2.45. The van der Waals surface area contributed by atoms with Gasteiger partial charge in [0.2, 0.25) is 5.91 Å². The average Bonchev–Trinajstić information content (AvgIpc) is 2.61. The predicted molar refractivity (Wildman–Crippen MR) is 61.5 cm³/mol. The van der Waals surface area contributed by atoms with Crippen LogP contribution in [0.1, 0.15) is 19.0 Å². The summed E-state index contributed by atoms with van der Waals surface area (Å²) in [5, 5.41) is 15.4. The Kier molecular flexibility index (Phi) is 4.72. The molecule has 16 heavy (non-hydrogen) atoms. The van der Waals surface area contributed by atoms with Crippen molar-refractivity contribution in [2.75, 3.05) is 6.61 Å². The Morgan fingerprint density at radius 2 is 2.50 bits per heavy atom. The van der Waals surface area contributed by atoms with Crippen LogP contribution in [-0.4, -0.2) is 33.4 Å². The summed E-state index contributed by atoms with van der Waals surface area (Å²) in [6.45, 7) is 1.93. The van der Waals surface area contributed by atoms with Gasteiger partial charge in [0.25, 0.3) is 0 Å². The third-order valence-corrected chi connectivity index (χ3v) is 2.22. The monoisotopic (exact) mass is 223 g/mol. The minimum Gasteiger partial charge on any atom is -0.396 e. The summed E-state index contributed by atoms with van der Waals surface area (Å²) in [5.74, 6) is -0.165. The van der Waals surface area contributed by atoms with Crippen LogP contribution in [-0.2, 0) is 11.8 Å². The van der Waals surface area contributed by atoms with Crippen molar-refractivity contribution in [2.24, 2.45) is 7.05 Å². The van der Waals surface area contributed by atoms with E-state index in [0.29, 0.717) is 6.42 Å². The lowest BCUT2D eigenvalue weighted by atomic mass is 10.2. The molecular weight excluding hydrogens is 206 g/mol. The fourth-order valence-electron chi connectivity index (χ4n) is 1.27. The van der Waals surface area contributed by atoms with Crippen molar-refractivity contribution in [2.45, 2.75) is 19.4 Å². The Hall–Kier alpha value is -1.62. The molecule has 0 bridgehead atoms. The van der Waals surface area contributed by atoms with Gasteiger partial charge in [0, 0.05) is 32.0 Å². The first-order valence-electron chi connectivity index (χ1n) is 5.21. The predicted octanol–water partition coefficient (Wildman–Crippen LogP) is 0.320. The molecule has 1 heterocycles. The summed E-state index contributed by atoms with van der Waals surface area (Å²) in [6.07, 6.45) is 5.40. The van der Waals surface area contributed by atoms with Gasteiger partial charge in [-0.25, -0.2) is 0 Å². The Morgan fingerprint density at radius 1 is 1.75 bits per heavy atom. The van der Waals surface area contributed by atoms with Crippen molar-refractivity contribution in [3.8, 4) is 0 Å². The maximum Gasteiger partial charge on any atom is 0.244 e. The van der Waals surface area contributed by atoms with Crippen LogP contribution in [0, 0.1) is 0 Å². The summed E-state index contributed by atoms with van der Waals surface area (Å²) in [5.41, 5.74) is 0.866. The molecule has 0 saturated carbocycles. The summed E-state index contributed by atoms with van der Waals surface area (Å²) < 4.78 is 1.68. The van der Waals surface area contributed by atoms with Crippen LogP contribution in [0.15, 0.2) is 18.3 Å². The fourth-order valence-corrected chi connectivity index (χ4v) is 1.27. The number of carbonyl (C=O) groups excluding carboxylic acids is 1. The van der Waals surface area contributed by atoms with Gasteiger partial charge in [-0.2, -0.15) is 5.10 Å². The van der Waals surface area contributed by atoms with Gasteiger partial charge in [-0.1, -0.05) is 0 Å². The molecule has 1 unspecified atom stereocenters. The molecule has 0 aliphatic heterocycles. The molecule has 1 rings (SSSR count). The molecule has 1 atom stereocenters. The number of aromatic nitrogens is 2. The topological polar surface area (TPSA) is 67.2 Å². The molecule has 1 aromatic rings. The Bertz CT molecular complexity index is 371. The number of nitrogens with one attached hydrogen (secondary N) is 1. The van der Waals surface area contributed by atoms with Gasteiger partial charge in [-0.15, -0.1) is 0 Å². The van der Waals surface area contributed by atoms with E-state index in [1.54, 1.807) is 17.0 Å². The third-order valence-electron chi connectivity index (χ3n) is 2.22. The number of aliphatic hydroxyl groups excluding tert-OH is 1. The quantitative estimate of drug-likeness (QED) is 0.706. The van der Waals surface area contributed by atoms with Gasteiger partial charge in [0.1, 0.15) is 0 Å². The molecule has 88 valence electrons. The Morgan fingerprint density at radius 3 is 3.06 bits per heavy atom. The molecule has 0 aliphatic rings. The highest BCUT2D eigenvalue weighted by atomic mass is 16.3. The highest BCUT2D eigenvalue weighted by Crippen LogP contribution is 1.99. The number of hydrogen-bond acceptors (Lipinski definition) is 3. The van der Waals surface area contributed by atoms with Crippen LogP contribution in [0.2, 0.25) is 0 Å².